The lowest BCUT2D eigenvalue weighted by Gasteiger charge is -2.31. The topological polar surface area (TPSA) is 87.7 Å². The average molecular weight is 399 g/mol. The predicted octanol–water partition coefficient (Wildman–Crippen LogP) is 2.16. The van der Waals surface area contributed by atoms with Crippen LogP contribution in [0.15, 0.2) is 35.7 Å². The Balaban J connectivity index is 1.42. The SMILES string of the molecule is COc1ccc(CNC(=O)CN2C(=O)N[C@]3(CCCc4sccc43)C2=O)cc1. The number of fused-ring (bicyclic) bond motifs is 2. The minimum absolute atomic E-state index is 0.290. The molecule has 1 saturated heterocycles. The summed E-state index contributed by atoms with van der Waals surface area (Å²) in [5.74, 6) is 0.0224. The minimum atomic E-state index is -1.01. The van der Waals surface area contributed by atoms with E-state index in [1.54, 1.807) is 18.4 Å². The second-order valence-electron chi connectivity index (χ2n) is 6.96. The molecule has 4 rings (SSSR count). The van der Waals surface area contributed by atoms with Crippen molar-refractivity contribution in [2.45, 2.75) is 31.3 Å². The highest BCUT2D eigenvalue weighted by Crippen LogP contribution is 2.41. The lowest BCUT2D eigenvalue weighted by atomic mass is 9.80. The summed E-state index contributed by atoms with van der Waals surface area (Å²) in [4.78, 5) is 40.1. The lowest BCUT2D eigenvalue weighted by molar-refractivity contribution is -0.135. The average Bonchev–Trinajstić information content (AvgIpc) is 3.27. The van der Waals surface area contributed by atoms with E-state index >= 15 is 0 Å². The van der Waals surface area contributed by atoms with Gasteiger partial charge in [0.05, 0.1) is 7.11 Å². The van der Waals surface area contributed by atoms with Gasteiger partial charge in [0.1, 0.15) is 17.8 Å². The van der Waals surface area contributed by atoms with Gasteiger partial charge >= 0.3 is 6.03 Å². The summed E-state index contributed by atoms with van der Waals surface area (Å²) >= 11 is 1.60. The number of carbonyl (C=O) groups excluding carboxylic acids is 3. The molecule has 1 aromatic heterocycles. The first-order chi connectivity index (χ1) is 13.5. The van der Waals surface area contributed by atoms with Crippen LogP contribution in [0.5, 0.6) is 5.75 Å². The Morgan fingerprint density at radius 3 is 2.82 bits per heavy atom. The van der Waals surface area contributed by atoms with E-state index in [0.717, 1.165) is 39.5 Å². The monoisotopic (exact) mass is 399 g/mol. The Morgan fingerprint density at radius 1 is 1.29 bits per heavy atom. The number of amides is 4. The van der Waals surface area contributed by atoms with Gasteiger partial charge in [-0.05, 0) is 48.4 Å². The number of methoxy groups -OCH3 is 1. The van der Waals surface area contributed by atoms with Crippen LogP contribution in [0.1, 0.15) is 28.8 Å². The maximum atomic E-state index is 13.1. The van der Waals surface area contributed by atoms with Crippen molar-refractivity contribution in [2.75, 3.05) is 13.7 Å². The maximum Gasteiger partial charge on any atom is 0.325 e. The molecule has 0 unspecified atom stereocenters. The number of hydrogen-bond acceptors (Lipinski definition) is 5. The number of carbonyl (C=O) groups is 3. The van der Waals surface area contributed by atoms with Gasteiger partial charge in [0.2, 0.25) is 5.91 Å². The zero-order valence-corrected chi connectivity index (χ0v) is 16.3. The summed E-state index contributed by atoms with van der Waals surface area (Å²) in [5.41, 5.74) is 0.766. The number of nitrogens with zero attached hydrogens (tertiary/aromatic N) is 1. The highest BCUT2D eigenvalue weighted by molar-refractivity contribution is 7.10. The second-order valence-corrected chi connectivity index (χ2v) is 7.96. The number of hydrogen-bond donors (Lipinski definition) is 2. The molecule has 0 saturated carbocycles. The molecule has 1 aromatic carbocycles. The number of urea groups is 1. The molecule has 0 bridgehead atoms. The van der Waals surface area contributed by atoms with Gasteiger partial charge in [-0.2, -0.15) is 0 Å². The Kier molecular flexibility index (Phi) is 4.80. The first kappa shape index (κ1) is 18.5. The Morgan fingerprint density at radius 2 is 2.07 bits per heavy atom. The number of imide groups is 1. The van der Waals surface area contributed by atoms with Crippen molar-refractivity contribution in [3.05, 3.63) is 51.7 Å². The lowest BCUT2D eigenvalue weighted by Crippen LogP contribution is -2.46. The third kappa shape index (κ3) is 3.13. The van der Waals surface area contributed by atoms with Gasteiger partial charge in [-0.25, -0.2) is 4.79 Å². The highest BCUT2D eigenvalue weighted by Gasteiger charge is 2.54. The quantitative estimate of drug-likeness (QED) is 0.755. The zero-order chi connectivity index (χ0) is 19.7. The summed E-state index contributed by atoms with van der Waals surface area (Å²) in [7, 11) is 1.59. The fourth-order valence-electron chi connectivity index (χ4n) is 3.83. The van der Waals surface area contributed by atoms with Crippen LogP contribution in [0.3, 0.4) is 0 Å². The molecule has 1 atom stereocenters. The molecule has 0 radical (unpaired) electrons. The fourth-order valence-corrected chi connectivity index (χ4v) is 4.83. The molecule has 1 aliphatic heterocycles. The molecule has 2 aliphatic rings. The molecular weight excluding hydrogens is 378 g/mol. The normalized spacial score (nSPS) is 20.8. The summed E-state index contributed by atoms with van der Waals surface area (Å²) in [6, 6.07) is 8.71. The van der Waals surface area contributed by atoms with E-state index in [1.807, 2.05) is 35.7 Å². The van der Waals surface area contributed by atoms with Crippen LogP contribution in [0.25, 0.3) is 0 Å². The van der Waals surface area contributed by atoms with Crippen LogP contribution in [-0.2, 0) is 28.1 Å². The van der Waals surface area contributed by atoms with E-state index in [4.69, 9.17) is 4.74 Å². The van der Waals surface area contributed by atoms with Gasteiger partial charge < -0.3 is 15.4 Å². The highest BCUT2D eigenvalue weighted by atomic mass is 32.1. The van der Waals surface area contributed by atoms with Crippen molar-refractivity contribution in [1.82, 2.24) is 15.5 Å². The third-order valence-electron chi connectivity index (χ3n) is 5.29. The number of nitrogens with one attached hydrogen (secondary N) is 2. The van der Waals surface area contributed by atoms with Gasteiger partial charge in [0.25, 0.3) is 5.91 Å². The van der Waals surface area contributed by atoms with Crippen LogP contribution >= 0.6 is 11.3 Å². The molecule has 28 heavy (non-hydrogen) atoms. The van der Waals surface area contributed by atoms with Crippen LogP contribution < -0.4 is 15.4 Å². The van der Waals surface area contributed by atoms with Crippen molar-refractivity contribution >= 4 is 29.2 Å². The molecule has 1 aliphatic carbocycles. The van der Waals surface area contributed by atoms with Crippen LogP contribution in [0.4, 0.5) is 4.79 Å². The Hall–Kier alpha value is -2.87. The largest absolute Gasteiger partial charge is 0.497 e. The van der Waals surface area contributed by atoms with E-state index in [1.165, 1.54) is 0 Å². The van der Waals surface area contributed by atoms with Crippen molar-refractivity contribution in [3.63, 3.8) is 0 Å². The van der Waals surface area contributed by atoms with Crippen LogP contribution in [-0.4, -0.2) is 36.4 Å². The maximum absolute atomic E-state index is 13.1. The molecule has 2 N–H and O–H groups in total. The number of ether oxygens (including phenoxy) is 1. The molecule has 2 heterocycles. The second kappa shape index (κ2) is 7.27. The predicted molar refractivity (Wildman–Crippen MR) is 104 cm³/mol. The number of aryl methyl sites for hydroxylation is 1. The Bertz CT molecular complexity index is 924. The van der Waals surface area contributed by atoms with Crippen molar-refractivity contribution in [2.24, 2.45) is 0 Å². The van der Waals surface area contributed by atoms with E-state index < -0.39 is 11.6 Å². The molecule has 7 nitrogen and oxygen atoms in total. The molecular formula is C20H21N3O4S. The van der Waals surface area contributed by atoms with Crippen molar-refractivity contribution in [3.8, 4) is 5.75 Å². The Labute approximate surface area is 166 Å². The third-order valence-corrected chi connectivity index (χ3v) is 6.27. The van der Waals surface area contributed by atoms with E-state index in [-0.39, 0.29) is 18.4 Å². The minimum Gasteiger partial charge on any atom is -0.497 e. The summed E-state index contributed by atoms with van der Waals surface area (Å²) in [6.45, 7) is 0.0222. The number of rotatable bonds is 5. The smallest absolute Gasteiger partial charge is 0.325 e. The zero-order valence-electron chi connectivity index (χ0n) is 15.5. The van der Waals surface area contributed by atoms with Gasteiger partial charge in [0.15, 0.2) is 0 Å². The standard InChI is InChI=1S/C20H21N3O4S/c1-27-14-6-4-13(5-7-14)11-21-17(24)12-23-18(25)20(22-19(23)26)9-2-3-16-15(20)8-10-28-16/h4-8,10H,2-3,9,11-12H2,1H3,(H,21,24)(H,22,26)/t20-/m0/s1. The van der Waals surface area contributed by atoms with E-state index in [2.05, 4.69) is 10.6 Å². The van der Waals surface area contributed by atoms with E-state index in [9.17, 15) is 14.4 Å². The van der Waals surface area contributed by atoms with Crippen LogP contribution in [0.2, 0.25) is 0 Å². The van der Waals surface area contributed by atoms with E-state index in [0.29, 0.717) is 13.0 Å². The van der Waals surface area contributed by atoms with Crippen molar-refractivity contribution in [1.29, 1.82) is 0 Å². The van der Waals surface area contributed by atoms with Gasteiger partial charge in [-0.3, -0.25) is 14.5 Å². The molecule has 8 heteroatoms. The first-order valence-corrected chi connectivity index (χ1v) is 10.0. The summed E-state index contributed by atoms with van der Waals surface area (Å²) < 4.78 is 5.11. The number of thiophene rings is 1. The molecule has 1 fully saturated rings. The summed E-state index contributed by atoms with van der Waals surface area (Å²) in [5, 5.41) is 7.56. The first-order valence-electron chi connectivity index (χ1n) is 9.14. The molecule has 2 aromatic rings. The van der Waals surface area contributed by atoms with Crippen molar-refractivity contribution < 1.29 is 19.1 Å². The molecule has 1 spiro atoms. The number of benzene rings is 1. The summed E-state index contributed by atoms with van der Waals surface area (Å²) in [6.07, 6.45) is 2.31. The molecule has 146 valence electrons. The molecule has 4 amide bonds. The van der Waals surface area contributed by atoms with Gasteiger partial charge in [0, 0.05) is 17.0 Å². The van der Waals surface area contributed by atoms with Crippen LogP contribution in [0, 0.1) is 0 Å². The van der Waals surface area contributed by atoms with Gasteiger partial charge in [-0.15, -0.1) is 11.3 Å². The fraction of sp³-hybridized carbons (Fsp3) is 0.350. The van der Waals surface area contributed by atoms with Gasteiger partial charge in [-0.1, -0.05) is 12.1 Å².